The lowest BCUT2D eigenvalue weighted by Gasteiger charge is -2.37. The molecule has 1 saturated heterocycles. The van der Waals surface area contributed by atoms with Crippen LogP contribution in [0.15, 0.2) is 42.5 Å². The van der Waals surface area contributed by atoms with E-state index in [1.165, 1.54) is 0 Å². The van der Waals surface area contributed by atoms with Crippen LogP contribution in [0.5, 0.6) is 0 Å². The van der Waals surface area contributed by atoms with E-state index in [-0.39, 0.29) is 36.0 Å². The van der Waals surface area contributed by atoms with Crippen LogP contribution in [-0.2, 0) is 20.8 Å². The maximum absolute atomic E-state index is 13.2. The molecule has 6 heteroatoms. The first-order valence-corrected chi connectivity index (χ1v) is 11.3. The van der Waals surface area contributed by atoms with Crippen LogP contribution in [0.2, 0.25) is 0 Å². The molecule has 1 saturated carbocycles. The van der Waals surface area contributed by atoms with Crippen LogP contribution in [0, 0.1) is 11.8 Å². The van der Waals surface area contributed by atoms with Gasteiger partial charge >= 0.3 is 0 Å². The summed E-state index contributed by atoms with van der Waals surface area (Å²) < 4.78 is 0. The summed E-state index contributed by atoms with van der Waals surface area (Å²) in [6.45, 7) is 6.12. The van der Waals surface area contributed by atoms with E-state index in [2.05, 4.69) is 5.32 Å². The third-order valence-corrected chi connectivity index (χ3v) is 6.31. The smallest absolute Gasteiger partial charge is 0.245 e. The summed E-state index contributed by atoms with van der Waals surface area (Å²) in [7, 11) is 0. The fourth-order valence-corrected chi connectivity index (χ4v) is 4.29. The Kier molecular flexibility index (Phi) is 6.25. The molecule has 1 heterocycles. The molecule has 0 radical (unpaired) electrons. The Hall–Kier alpha value is -2.89. The van der Waals surface area contributed by atoms with Crippen molar-refractivity contribution in [3.63, 3.8) is 0 Å². The normalized spacial score (nSPS) is 17.6. The standard InChI is InChI=1S/C25H31N3O3/c1-17(2)23(25(31)28-14-12-27(13-15-28)24(30)19-10-11-19)26-22(29)16-20-8-5-7-18-6-3-4-9-21(18)20/h3-9,17,19,23H,10-16H2,1-2H3,(H,26,29)/t23-/m0/s1. The molecule has 2 aliphatic rings. The number of carbonyl (C=O) groups excluding carboxylic acids is 3. The molecule has 2 fully saturated rings. The minimum Gasteiger partial charge on any atom is -0.344 e. The van der Waals surface area contributed by atoms with Gasteiger partial charge in [0.1, 0.15) is 6.04 Å². The average Bonchev–Trinajstić information content (AvgIpc) is 3.62. The van der Waals surface area contributed by atoms with Gasteiger partial charge in [0.2, 0.25) is 17.7 Å². The van der Waals surface area contributed by atoms with Crippen molar-refractivity contribution in [2.75, 3.05) is 26.2 Å². The lowest BCUT2D eigenvalue weighted by atomic mass is 9.99. The van der Waals surface area contributed by atoms with Crippen LogP contribution in [0.3, 0.4) is 0 Å². The molecule has 31 heavy (non-hydrogen) atoms. The third kappa shape index (κ3) is 4.89. The number of rotatable bonds is 6. The number of benzene rings is 2. The Morgan fingerprint density at radius 3 is 2.26 bits per heavy atom. The van der Waals surface area contributed by atoms with Crippen LogP contribution in [0.25, 0.3) is 10.8 Å². The number of hydrogen-bond acceptors (Lipinski definition) is 3. The van der Waals surface area contributed by atoms with Crippen molar-refractivity contribution in [2.24, 2.45) is 11.8 Å². The van der Waals surface area contributed by atoms with Gasteiger partial charge in [-0.05, 0) is 35.1 Å². The third-order valence-electron chi connectivity index (χ3n) is 6.31. The molecule has 4 rings (SSSR count). The van der Waals surface area contributed by atoms with Gasteiger partial charge in [-0.1, -0.05) is 56.3 Å². The summed E-state index contributed by atoms with van der Waals surface area (Å²) in [5.74, 6) is 0.218. The number of nitrogens with zero attached hydrogens (tertiary/aromatic N) is 2. The van der Waals surface area contributed by atoms with Crippen LogP contribution in [0.4, 0.5) is 0 Å². The van der Waals surface area contributed by atoms with Crippen molar-refractivity contribution < 1.29 is 14.4 Å². The zero-order valence-corrected chi connectivity index (χ0v) is 18.3. The van der Waals surface area contributed by atoms with Crippen molar-refractivity contribution in [3.8, 4) is 0 Å². The van der Waals surface area contributed by atoms with Crippen LogP contribution in [-0.4, -0.2) is 59.7 Å². The van der Waals surface area contributed by atoms with E-state index in [0.717, 1.165) is 29.2 Å². The van der Waals surface area contributed by atoms with Gasteiger partial charge in [0, 0.05) is 32.1 Å². The van der Waals surface area contributed by atoms with E-state index in [1.807, 2.05) is 61.2 Å². The molecule has 0 unspecified atom stereocenters. The van der Waals surface area contributed by atoms with Gasteiger partial charge < -0.3 is 15.1 Å². The van der Waals surface area contributed by atoms with E-state index in [0.29, 0.717) is 26.2 Å². The highest BCUT2D eigenvalue weighted by molar-refractivity contribution is 5.92. The maximum atomic E-state index is 13.2. The second kappa shape index (κ2) is 9.08. The molecular formula is C25H31N3O3. The summed E-state index contributed by atoms with van der Waals surface area (Å²) in [4.78, 5) is 41.9. The average molecular weight is 422 g/mol. The zero-order valence-electron chi connectivity index (χ0n) is 18.3. The van der Waals surface area contributed by atoms with Crippen LogP contribution < -0.4 is 5.32 Å². The lowest BCUT2D eigenvalue weighted by Crippen LogP contribution is -2.57. The summed E-state index contributed by atoms with van der Waals surface area (Å²) >= 11 is 0. The molecule has 6 nitrogen and oxygen atoms in total. The highest BCUT2D eigenvalue weighted by Crippen LogP contribution is 2.31. The fourth-order valence-electron chi connectivity index (χ4n) is 4.29. The minimum absolute atomic E-state index is 0.0184. The quantitative estimate of drug-likeness (QED) is 0.780. The number of hydrogen-bond donors (Lipinski definition) is 1. The van der Waals surface area contributed by atoms with Gasteiger partial charge in [0.25, 0.3) is 0 Å². The van der Waals surface area contributed by atoms with Gasteiger partial charge in [-0.25, -0.2) is 0 Å². The van der Waals surface area contributed by atoms with E-state index in [4.69, 9.17) is 0 Å². The molecule has 3 amide bonds. The van der Waals surface area contributed by atoms with Gasteiger partial charge in [-0.2, -0.15) is 0 Å². The molecule has 0 aromatic heterocycles. The monoisotopic (exact) mass is 421 g/mol. The molecule has 1 N–H and O–H groups in total. The Morgan fingerprint density at radius 2 is 1.58 bits per heavy atom. The predicted molar refractivity (Wildman–Crippen MR) is 120 cm³/mol. The van der Waals surface area contributed by atoms with Crippen molar-refractivity contribution in [1.82, 2.24) is 15.1 Å². The first kappa shape index (κ1) is 21.3. The summed E-state index contributed by atoms with van der Waals surface area (Å²) in [6, 6.07) is 13.4. The molecule has 2 aromatic carbocycles. The highest BCUT2D eigenvalue weighted by Gasteiger charge is 2.36. The van der Waals surface area contributed by atoms with E-state index in [9.17, 15) is 14.4 Å². The van der Waals surface area contributed by atoms with Crippen molar-refractivity contribution in [1.29, 1.82) is 0 Å². The number of nitrogens with one attached hydrogen (secondary N) is 1. The van der Waals surface area contributed by atoms with Gasteiger partial charge in [0.15, 0.2) is 0 Å². The van der Waals surface area contributed by atoms with Gasteiger partial charge in [-0.3, -0.25) is 14.4 Å². The van der Waals surface area contributed by atoms with Gasteiger partial charge in [-0.15, -0.1) is 0 Å². The first-order chi connectivity index (χ1) is 14.9. The van der Waals surface area contributed by atoms with E-state index < -0.39 is 6.04 Å². The zero-order chi connectivity index (χ0) is 22.0. The number of fused-ring (bicyclic) bond motifs is 1. The summed E-state index contributed by atoms with van der Waals surface area (Å²) in [5, 5.41) is 5.14. The SMILES string of the molecule is CC(C)[C@H](NC(=O)Cc1cccc2ccccc12)C(=O)N1CCN(C(=O)C2CC2)CC1. The molecule has 0 bridgehead atoms. The van der Waals surface area contributed by atoms with Gasteiger partial charge in [0.05, 0.1) is 6.42 Å². The lowest BCUT2D eigenvalue weighted by molar-refractivity contribution is -0.143. The topological polar surface area (TPSA) is 69.7 Å². The second-order valence-electron chi connectivity index (χ2n) is 9.03. The molecule has 2 aromatic rings. The highest BCUT2D eigenvalue weighted by atomic mass is 16.2. The Bertz CT molecular complexity index is 970. The molecule has 1 aliphatic heterocycles. The molecule has 1 atom stereocenters. The Labute approximate surface area is 183 Å². The number of carbonyl (C=O) groups is 3. The largest absolute Gasteiger partial charge is 0.344 e. The fraction of sp³-hybridized carbons (Fsp3) is 0.480. The number of piperazine rings is 1. The maximum Gasteiger partial charge on any atom is 0.245 e. The van der Waals surface area contributed by atoms with Crippen LogP contribution >= 0.6 is 0 Å². The minimum atomic E-state index is -0.562. The Balaban J connectivity index is 1.37. The Morgan fingerprint density at radius 1 is 0.935 bits per heavy atom. The first-order valence-electron chi connectivity index (χ1n) is 11.3. The molecule has 164 valence electrons. The van der Waals surface area contributed by atoms with Crippen molar-refractivity contribution in [2.45, 2.75) is 39.2 Å². The molecular weight excluding hydrogens is 390 g/mol. The van der Waals surface area contributed by atoms with E-state index in [1.54, 1.807) is 4.90 Å². The molecule has 0 spiro atoms. The van der Waals surface area contributed by atoms with Crippen molar-refractivity contribution >= 4 is 28.5 Å². The predicted octanol–water partition coefficient (Wildman–Crippen LogP) is 2.60. The van der Waals surface area contributed by atoms with Crippen molar-refractivity contribution in [3.05, 3.63) is 48.0 Å². The van der Waals surface area contributed by atoms with Crippen LogP contribution in [0.1, 0.15) is 32.3 Å². The van der Waals surface area contributed by atoms with E-state index >= 15 is 0 Å². The summed E-state index contributed by atoms with van der Waals surface area (Å²) in [5.41, 5.74) is 0.956. The summed E-state index contributed by atoms with van der Waals surface area (Å²) in [6.07, 6.45) is 2.23. The second-order valence-corrected chi connectivity index (χ2v) is 9.03. The number of amides is 3. The molecule has 1 aliphatic carbocycles.